The minimum absolute atomic E-state index is 0. The molecule has 0 amide bonds. The second-order valence-electron chi connectivity index (χ2n) is 5.69. The number of nitrogens with one attached hydrogen (secondary N) is 2. The van der Waals surface area contributed by atoms with Crippen LogP contribution >= 0.6 is 24.0 Å². The molecule has 7 heteroatoms. The first-order chi connectivity index (χ1) is 12.0. The minimum atomic E-state index is -0.629. The maximum Gasteiger partial charge on any atom is 0.191 e. The molecule has 0 fully saturated rings. The van der Waals surface area contributed by atoms with Crippen LogP contribution in [-0.2, 0) is 13.0 Å². The zero-order valence-electron chi connectivity index (χ0n) is 15.2. The lowest BCUT2D eigenvalue weighted by Crippen LogP contribution is -2.37. The summed E-state index contributed by atoms with van der Waals surface area (Å²) in [6.07, 6.45) is 0.825. The zero-order chi connectivity index (χ0) is 18.2. The van der Waals surface area contributed by atoms with Gasteiger partial charge in [0.05, 0.1) is 7.11 Å². The molecule has 0 bridgehead atoms. The molecule has 142 valence electrons. The molecule has 0 aliphatic carbocycles. The number of phenols is 1. The van der Waals surface area contributed by atoms with Crippen molar-refractivity contribution in [2.45, 2.75) is 19.9 Å². The molecule has 26 heavy (non-hydrogen) atoms. The van der Waals surface area contributed by atoms with E-state index in [2.05, 4.69) is 21.7 Å². The lowest BCUT2D eigenvalue weighted by molar-refractivity contribution is 0.411. The summed E-state index contributed by atoms with van der Waals surface area (Å²) in [4.78, 5) is 4.15. The fourth-order valence-electron chi connectivity index (χ4n) is 2.41. The van der Waals surface area contributed by atoms with Crippen molar-refractivity contribution in [1.29, 1.82) is 0 Å². The Bertz CT molecular complexity index is 754. The molecule has 0 aromatic heterocycles. The Kier molecular flexibility index (Phi) is 9.18. The van der Waals surface area contributed by atoms with E-state index in [0.717, 1.165) is 23.3 Å². The van der Waals surface area contributed by atoms with Crippen LogP contribution < -0.4 is 15.4 Å². The summed E-state index contributed by atoms with van der Waals surface area (Å²) < 4.78 is 18.7. The fourth-order valence-corrected chi connectivity index (χ4v) is 2.41. The van der Waals surface area contributed by atoms with Gasteiger partial charge in [0.15, 0.2) is 17.5 Å². The Morgan fingerprint density at radius 2 is 1.88 bits per heavy atom. The summed E-state index contributed by atoms with van der Waals surface area (Å²) >= 11 is 0. The van der Waals surface area contributed by atoms with Gasteiger partial charge in [-0.05, 0) is 48.2 Å². The molecule has 0 aliphatic rings. The Morgan fingerprint density at radius 3 is 2.54 bits per heavy atom. The number of phenolic OH excluding ortho intramolecular Hbond substituents is 1. The highest BCUT2D eigenvalue weighted by atomic mass is 127. The van der Waals surface area contributed by atoms with Gasteiger partial charge in [-0.1, -0.05) is 18.2 Å². The van der Waals surface area contributed by atoms with Gasteiger partial charge in [0.1, 0.15) is 5.75 Å². The second-order valence-corrected chi connectivity index (χ2v) is 5.69. The van der Waals surface area contributed by atoms with E-state index in [1.165, 1.54) is 17.7 Å². The summed E-state index contributed by atoms with van der Waals surface area (Å²) in [5, 5.41) is 15.5. The van der Waals surface area contributed by atoms with Crippen LogP contribution in [0.5, 0.6) is 11.5 Å². The van der Waals surface area contributed by atoms with Gasteiger partial charge in [0.25, 0.3) is 0 Å². The van der Waals surface area contributed by atoms with Crippen molar-refractivity contribution in [3.05, 3.63) is 58.9 Å². The Balaban J connectivity index is 0.00000338. The van der Waals surface area contributed by atoms with Crippen LogP contribution in [0.15, 0.2) is 41.4 Å². The summed E-state index contributed by atoms with van der Waals surface area (Å²) in [6, 6.07) is 10.5. The monoisotopic (exact) mass is 473 g/mol. The van der Waals surface area contributed by atoms with Crippen molar-refractivity contribution < 1.29 is 14.2 Å². The third-order valence-electron chi connectivity index (χ3n) is 3.87. The van der Waals surface area contributed by atoms with E-state index in [0.29, 0.717) is 19.0 Å². The highest BCUT2D eigenvalue weighted by Gasteiger charge is 2.04. The lowest BCUT2D eigenvalue weighted by atomic mass is 10.1. The number of halogens is 2. The van der Waals surface area contributed by atoms with Gasteiger partial charge >= 0.3 is 0 Å². The molecular weight excluding hydrogens is 448 g/mol. The zero-order valence-corrected chi connectivity index (χ0v) is 17.5. The second kappa shape index (κ2) is 10.8. The fraction of sp³-hybridized carbons (Fsp3) is 0.316. The molecule has 2 aromatic rings. The van der Waals surface area contributed by atoms with Crippen LogP contribution in [0, 0.1) is 12.7 Å². The number of aliphatic imine (C=N–C) groups is 1. The average molecular weight is 473 g/mol. The van der Waals surface area contributed by atoms with Gasteiger partial charge in [0, 0.05) is 20.1 Å². The van der Waals surface area contributed by atoms with Crippen molar-refractivity contribution in [2.24, 2.45) is 4.99 Å². The summed E-state index contributed by atoms with van der Waals surface area (Å²) in [6.45, 7) is 3.13. The Morgan fingerprint density at radius 1 is 1.15 bits per heavy atom. The number of hydrogen-bond acceptors (Lipinski definition) is 3. The lowest BCUT2D eigenvalue weighted by Gasteiger charge is -2.13. The number of hydrogen-bond donors (Lipinski definition) is 3. The van der Waals surface area contributed by atoms with Crippen molar-refractivity contribution in [1.82, 2.24) is 10.6 Å². The van der Waals surface area contributed by atoms with E-state index in [1.54, 1.807) is 20.2 Å². The smallest absolute Gasteiger partial charge is 0.191 e. The number of benzene rings is 2. The number of guanidine groups is 1. The molecule has 0 radical (unpaired) electrons. The van der Waals surface area contributed by atoms with E-state index in [1.807, 2.05) is 19.1 Å². The summed E-state index contributed by atoms with van der Waals surface area (Å²) in [7, 11) is 3.35. The van der Waals surface area contributed by atoms with Gasteiger partial charge in [-0.2, -0.15) is 0 Å². The van der Waals surface area contributed by atoms with Crippen molar-refractivity contribution in [3.8, 4) is 11.5 Å². The average Bonchev–Trinajstić information content (AvgIpc) is 2.62. The van der Waals surface area contributed by atoms with Crippen LogP contribution in [0.4, 0.5) is 4.39 Å². The highest BCUT2D eigenvalue weighted by molar-refractivity contribution is 14.0. The SMILES string of the molecule is CN=C(NCCc1ccc(C)c(OC)c1)NCc1ccc(O)c(F)c1.I. The van der Waals surface area contributed by atoms with Crippen LogP contribution in [0.1, 0.15) is 16.7 Å². The van der Waals surface area contributed by atoms with Crippen molar-refractivity contribution in [2.75, 3.05) is 20.7 Å². The Hall–Kier alpha value is -2.03. The van der Waals surface area contributed by atoms with Gasteiger partial charge in [-0.25, -0.2) is 4.39 Å². The number of rotatable bonds is 6. The quantitative estimate of drug-likeness (QED) is 0.342. The van der Waals surface area contributed by atoms with Gasteiger partial charge in [0.2, 0.25) is 0 Å². The number of nitrogens with zero attached hydrogens (tertiary/aromatic N) is 1. The standard InChI is InChI=1S/C19H24FN3O2.HI/c1-13-4-5-14(11-18(13)25-3)8-9-22-19(21-2)23-12-15-6-7-17(24)16(20)10-15;/h4-7,10-11,24H,8-9,12H2,1-3H3,(H2,21,22,23);1H. The maximum absolute atomic E-state index is 13.3. The molecule has 0 saturated heterocycles. The topological polar surface area (TPSA) is 65.9 Å². The molecule has 2 rings (SSSR count). The van der Waals surface area contributed by atoms with Gasteiger partial charge in [-0.15, -0.1) is 24.0 Å². The van der Waals surface area contributed by atoms with Crippen LogP contribution in [0.25, 0.3) is 0 Å². The summed E-state index contributed by atoms with van der Waals surface area (Å²) in [5.74, 6) is 0.539. The molecule has 0 unspecified atom stereocenters. The third kappa shape index (κ3) is 6.36. The molecule has 0 saturated carbocycles. The molecule has 5 nitrogen and oxygen atoms in total. The number of methoxy groups -OCH3 is 1. The van der Waals surface area contributed by atoms with E-state index in [-0.39, 0.29) is 29.7 Å². The van der Waals surface area contributed by atoms with Gasteiger partial charge in [-0.3, -0.25) is 4.99 Å². The van der Waals surface area contributed by atoms with Crippen LogP contribution in [0.2, 0.25) is 0 Å². The predicted molar refractivity (Wildman–Crippen MR) is 113 cm³/mol. The first kappa shape index (κ1) is 22.0. The van der Waals surface area contributed by atoms with Crippen molar-refractivity contribution in [3.63, 3.8) is 0 Å². The Labute approximate surface area is 170 Å². The van der Waals surface area contributed by atoms with Crippen LogP contribution in [0.3, 0.4) is 0 Å². The molecule has 3 N–H and O–H groups in total. The third-order valence-corrected chi connectivity index (χ3v) is 3.87. The first-order valence-electron chi connectivity index (χ1n) is 8.09. The first-order valence-corrected chi connectivity index (χ1v) is 8.09. The number of ether oxygens (including phenoxy) is 1. The largest absolute Gasteiger partial charge is 0.505 e. The van der Waals surface area contributed by atoms with Gasteiger partial charge < -0.3 is 20.5 Å². The molecule has 0 aliphatic heterocycles. The van der Waals surface area contributed by atoms with Crippen molar-refractivity contribution >= 4 is 29.9 Å². The molecule has 2 aromatic carbocycles. The molecule has 0 heterocycles. The normalized spacial score (nSPS) is 10.8. The highest BCUT2D eigenvalue weighted by Crippen LogP contribution is 2.19. The van der Waals surface area contributed by atoms with E-state index >= 15 is 0 Å². The number of aromatic hydroxyl groups is 1. The molecule has 0 atom stereocenters. The van der Waals surface area contributed by atoms with Crippen LogP contribution in [-0.4, -0.2) is 31.8 Å². The van der Waals surface area contributed by atoms with E-state index in [4.69, 9.17) is 4.74 Å². The predicted octanol–water partition coefficient (Wildman–Crippen LogP) is 3.37. The minimum Gasteiger partial charge on any atom is -0.505 e. The molecular formula is C19H25FIN3O2. The summed E-state index contributed by atoms with van der Waals surface area (Å²) in [5.41, 5.74) is 3.00. The molecule has 0 spiro atoms. The maximum atomic E-state index is 13.3. The van der Waals surface area contributed by atoms with E-state index < -0.39 is 5.82 Å². The number of aryl methyl sites for hydroxylation is 1. The van der Waals surface area contributed by atoms with E-state index in [9.17, 15) is 9.50 Å².